The maximum absolute atomic E-state index is 9.35. The second-order valence-corrected chi connectivity index (χ2v) is 5.50. The van der Waals surface area contributed by atoms with Crippen LogP contribution in [-0.2, 0) is 0 Å². The van der Waals surface area contributed by atoms with E-state index in [1.54, 1.807) is 12.1 Å². The molecule has 0 amide bonds. The molecule has 100 valence electrons. The molecule has 2 rings (SSSR count). The molecule has 2 aromatic rings. The van der Waals surface area contributed by atoms with Gasteiger partial charge >= 0.3 is 0 Å². The van der Waals surface area contributed by atoms with E-state index in [0.29, 0.717) is 15.6 Å². The number of hydrogen-bond donors (Lipinski definition) is 0. The number of benzene rings is 2. The van der Waals surface area contributed by atoms with E-state index in [1.165, 1.54) is 0 Å². The number of nitrogens with zero attached hydrogens (tertiary/aromatic N) is 1. The van der Waals surface area contributed by atoms with Gasteiger partial charge in [-0.2, -0.15) is 5.26 Å². The van der Waals surface area contributed by atoms with Crippen LogP contribution in [0.25, 0.3) is 11.6 Å². The fourth-order valence-corrected chi connectivity index (χ4v) is 2.57. The lowest BCUT2D eigenvalue weighted by atomic mass is 10.00. The van der Waals surface area contributed by atoms with E-state index in [-0.39, 0.29) is 0 Å². The lowest BCUT2D eigenvalue weighted by Crippen LogP contribution is -1.88. The van der Waals surface area contributed by atoms with E-state index >= 15 is 0 Å². The highest BCUT2D eigenvalue weighted by Crippen LogP contribution is 2.27. The first-order chi connectivity index (χ1) is 9.51. The zero-order valence-corrected chi connectivity index (χ0v) is 12.8. The third-order valence-electron chi connectivity index (χ3n) is 3.05. The number of aryl methyl sites for hydroxylation is 2. The van der Waals surface area contributed by atoms with Gasteiger partial charge < -0.3 is 0 Å². The van der Waals surface area contributed by atoms with Gasteiger partial charge in [-0.3, -0.25) is 0 Å². The molecule has 20 heavy (non-hydrogen) atoms. The number of nitriles is 1. The van der Waals surface area contributed by atoms with Crippen molar-refractivity contribution in [3.8, 4) is 6.07 Å². The molecule has 0 aliphatic carbocycles. The molecule has 0 atom stereocenters. The molecule has 3 heteroatoms. The van der Waals surface area contributed by atoms with Gasteiger partial charge in [-0.1, -0.05) is 41.4 Å². The SMILES string of the molecule is Cc1cc(C)c(/C=C(\C#N)c2ccc(Cl)cc2)c(Cl)c1. The number of halogens is 2. The van der Waals surface area contributed by atoms with Gasteiger partial charge in [0.2, 0.25) is 0 Å². The molecule has 0 aliphatic heterocycles. The van der Waals surface area contributed by atoms with Crippen molar-refractivity contribution < 1.29 is 0 Å². The Bertz CT molecular complexity index is 684. The molecule has 0 saturated heterocycles. The van der Waals surface area contributed by atoms with Crippen molar-refractivity contribution >= 4 is 34.9 Å². The predicted molar refractivity (Wildman–Crippen MR) is 85.9 cm³/mol. The van der Waals surface area contributed by atoms with Crippen LogP contribution in [0.2, 0.25) is 10.0 Å². The molecule has 0 saturated carbocycles. The minimum atomic E-state index is 0.565. The van der Waals surface area contributed by atoms with Crippen LogP contribution in [-0.4, -0.2) is 0 Å². The zero-order valence-electron chi connectivity index (χ0n) is 11.2. The Morgan fingerprint density at radius 3 is 2.30 bits per heavy atom. The van der Waals surface area contributed by atoms with Gasteiger partial charge in [-0.15, -0.1) is 0 Å². The van der Waals surface area contributed by atoms with Crippen molar-refractivity contribution in [3.63, 3.8) is 0 Å². The van der Waals surface area contributed by atoms with Crippen LogP contribution in [0.3, 0.4) is 0 Å². The molecule has 0 N–H and O–H groups in total. The summed E-state index contributed by atoms with van der Waals surface area (Å²) in [5, 5.41) is 10.7. The number of allylic oxidation sites excluding steroid dienone is 1. The molecule has 2 aromatic carbocycles. The van der Waals surface area contributed by atoms with Crippen LogP contribution in [0, 0.1) is 25.2 Å². The third kappa shape index (κ3) is 3.22. The topological polar surface area (TPSA) is 23.8 Å². The molecule has 0 heterocycles. The quantitative estimate of drug-likeness (QED) is 0.517. The Kier molecular flexibility index (Phi) is 4.49. The smallest absolute Gasteiger partial charge is 0.0998 e. The molecule has 0 radical (unpaired) electrons. The van der Waals surface area contributed by atoms with Crippen molar-refractivity contribution in [3.05, 3.63) is 68.7 Å². The van der Waals surface area contributed by atoms with E-state index in [2.05, 4.69) is 12.1 Å². The number of hydrogen-bond acceptors (Lipinski definition) is 1. The highest BCUT2D eigenvalue weighted by atomic mass is 35.5. The molecule has 0 aliphatic rings. The van der Waals surface area contributed by atoms with Crippen molar-refractivity contribution in [2.45, 2.75) is 13.8 Å². The molecule has 0 fully saturated rings. The Labute approximate surface area is 129 Å². The van der Waals surface area contributed by atoms with Crippen molar-refractivity contribution in [2.75, 3.05) is 0 Å². The molecule has 0 unspecified atom stereocenters. The van der Waals surface area contributed by atoms with Gasteiger partial charge in [0.25, 0.3) is 0 Å². The first kappa shape index (κ1) is 14.7. The Morgan fingerprint density at radius 2 is 1.75 bits per heavy atom. The second-order valence-electron chi connectivity index (χ2n) is 4.65. The van der Waals surface area contributed by atoms with E-state index in [4.69, 9.17) is 23.2 Å². The molecule has 1 nitrogen and oxygen atoms in total. The molecular formula is C17H13Cl2N. The first-order valence-corrected chi connectivity index (χ1v) is 6.91. The highest BCUT2D eigenvalue weighted by molar-refractivity contribution is 6.32. The summed E-state index contributed by atoms with van der Waals surface area (Å²) in [6.45, 7) is 3.98. The summed E-state index contributed by atoms with van der Waals surface area (Å²) in [6, 6.07) is 13.4. The summed E-state index contributed by atoms with van der Waals surface area (Å²) in [5.74, 6) is 0. The summed E-state index contributed by atoms with van der Waals surface area (Å²) < 4.78 is 0. The van der Waals surface area contributed by atoms with Crippen LogP contribution in [0.15, 0.2) is 36.4 Å². The van der Waals surface area contributed by atoms with Gasteiger partial charge in [-0.25, -0.2) is 0 Å². The Hall–Kier alpha value is -1.75. The predicted octanol–water partition coefficient (Wildman–Crippen LogP) is 5.67. The van der Waals surface area contributed by atoms with Crippen LogP contribution in [0.4, 0.5) is 0 Å². The van der Waals surface area contributed by atoms with E-state index in [1.807, 2.05) is 38.1 Å². The van der Waals surface area contributed by atoms with Crippen LogP contribution in [0.1, 0.15) is 22.3 Å². The third-order valence-corrected chi connectivity index (χ3v) is 3.61. The lowest BCUT2D eigenvalue weighted by molar-refractivity contribution is 1.37. The second kappa shape index (κ2) is 6.13. The Balaban J connectivity index is 2.53. The van der Waals surface area contributed by atoms with Crippen molar-refractivity contribution in [1.82, 2.24) is 0 Å². The molecule has 0 bridgehead atoms. The van der Waals surface area contributed by atoms with Gasteiger partial charge in [0.15, 0.2) is 0 Å². The minimum Gasteiger partial charge on any atom is -0.192 e. The summed E-state index contributed by atoms with van der Waals surface area (Å²) in [7, 11) is 0. The van der Waals surface area contributed by atoms with Crippen LogP contribution >= 0.6 is 23.2 Å². The normalized spacial score (nSPS) is 11.2. The van der Waals surface area contributed by atoms with Gasteiger partial charge in [-0.05, 0) is 60.4 Å². The maximum atomic E-state index is 9.35. The van der Waals surface area contributed by atoms with Crippen molar-refractivity contribution in [2.24, 2.45) is 0 Å². The first-order valence-electron chi connectivity index (χ1n) is 6.15. The standard InChI is InChI=1S/C17H13Cl2N/c1-11-7-12(2)16(17(19)8-11)9-14(10-20)13-3-5-15(18)6-4-13/h3-9H,1-2H3/b14-9+. The fourth-order valence-electron chi connectivity index (χ4n) is 2.06. The van der Waals surface area contributed by atoms with Gasteiger partial charge in [0.05, 0.1) is 11.6 Å². The minimum absolute atomic E-state index is 0.565. The van der Waals surface area contributed by atoms with E-state index < -0.39 is 0 Å². The van der Waals surface area contributed by atoms with Crippen LogP contribution < -0.4 is 0 Å². The lowest BCUT2D eigenvalue weighted by Gasteiger charge is -2.07. The van der Waals surface area contributed by atoms with E-state index in [0.717, 1.165) is 22.3 Å². The van der Waals surface area contributed by atoms with E-state index in [9.17, 15) is 5.26 Å². The largest absolute Gasteiger partial charge is 0.192 e. The summed E-state index contributed by atoms with van der Waals surface area (Å²) >= 11 is 12.1. The molecule has 0 spiro atoms. The maximum Gasteiger partial charge on any atom is 0.0998 e. The fraction of sp³-hybridized carbons (Fsp3) is 0.118. The summed E-state index contributed by atoms with van der Waals surface area (Å²) in [5.41, 5.74) is 4.43. The van der Waals surface area contributed by atoms with Crippen LogP contribution in [0.5, 0.6) is 0 Å². The zero-order chi connectivity index (χ0) is 14.7. The number of rotatable bonds is 2. The Morgan fingerprint density at radius 1 is 1.10 bits per heavy atom. The summed E-state index contributed by atoms with van der Waals surface area (Å²) in [6.07, 6.45) is 1.82. The average molecular weight is 302 g/mol. The monoisotopic (exact) mass is 301 g/mol. The molecular weight excluding hydrogens is 289 g/mol. The molecule has 0 aromatic heterocycles. The van der Waals surface area contributed by atoms with Gasteiger partial charge in [0, 0.05) is 10.0 Å². The van der Waals surface area contributed by atoms with Gasteiger partial charge in [0.1, 0.15) is 0 Å². The summed E-state index contributed by atoms with van der Waals surface area (Å²) in [4.78, 5) is 0. The average Bonchev–Trinajstić information content (AvgIpc) is 2.39. The van der Waals surface area contributed by atoms with Crippen molar-refractivity contribution in [1.29, 1.82) is 5.26 Å². The highest BCUT2D eigenvalue weighted by Gasteiger charge is 2.06.